The van der Waals surface area contributed by atoms with Gasteiger partial charge in [-0.25, -0.2) is 0 Å². The van der Waals surface area contributed by atoms with E-state index in [4.69, 9.17) is 0 Å². The van der Waals surface area contributed by atoms with Crippen LogP contribution in [0.3, 0.4) is 0 Å². The molecular weight excluding hydrogens is 184 g/mol. The number of carbonyl (C=O) groups is 1. The van der Waals surface area contributed by atoms with Gasteiger partial charge in [-0.3, -0.25) is 4.79 Å². The van der Waals surface area contributed by atoms with E-state index in [2.05, 4.69) is 16.9 Å². The van der Waals surface area contributed by atoms with E-state index in [1.54, 1.807) is 0 Å². The number of nitrogens with one attached hydrogen (secondary N) is 2. The van der Waals surface area contributed by atoms with Gasteiger partial charge in [-0.05, 0) is 31.9 Å². The third-order valence-electron chi connectivity index (χ3n) is 1.70. The Bertz CT molecular complexity index is 131. The molecule has 0 saturated heterocycles. The lowest BCUT2D eigenvalue weighted by atomic mass is 10.3. The van der Waals surface area contributed by atoms with Gasteiger partial charge in [0.2, 0.25) is 5.91 Å². The minimum atomic E-state index is 0.151. The largest absolute Gasteiger partial charge is 0.356 e. The van der Waals surface area contributed by atoms with Gasteiger partial charge >= 0.3 is 0 Å². The van der Waals surface area contributed by atoms with Crippen LogP contribution in [0.5, 0.6) is 0 Å². The second-order valence-corrected chi connectivity index (χ2v) is 3.89. The third-order valence-corrected chi connectivity index (χ3v) is 2.40. The van der Waals surface area contributed by atoms with Crippen LogP contribution in [0.4, 0.5) is 0 Å². The van der Waals surface area contributed by atoms with E-state index >= 15 is 0 Å². The molecule has 0 heterocycles. The van der Waals surface area contributed by atoms with Gasteiger partial charge in [0.05, 0.1) is 0 Å². The SMILES string of the molecule is CNCCC(=O)NCCCCSC. The fourth-order valence-corrected chi connectivity index (χ4v) is 1.42. The molecule has 78 valence electrons. The maximum Gasteiger partial charge on any atom is 0.221 e. The number of carbonyl (C=O) groups excluding carboxylic acids is 1. The summed E-state index contributed by atoms with van der Waals surface area (Å²) >= 11 is 1.85. The zero-order valence-corrected chi connectivity index (χ0v) is 9.38. The summed E-state index contributed by atoms with van der Waals surface area (Å²) in [5.74, 6) is 1.34. The van der Waals surface area contributed by atoms with Crippen LogP contribution in [0.2, 0.25) is 0 Å². The number of rotatable bonds is 8. The molecule has 0 bridgehead atoms. The lowest BCUT2D eigenvalue weighted by Crippen LogP contribution is -2.27. The van der Waals surface area contributed by atoms with Crippen LogP contribution < -0.4 is 10.6 Å². The van der Waals surface area contributed by atoms with Crippen molar-refractivity contribution < 1.29 is 4.79 Å². The van der Waals surface area contributed by atoms with Gasteiger partial charge in [0.1, 0.15) is 0 Å². The Hall–Kier alpha value is -0.220. The van der Waals surface area contributed by atoms with Crippen molar-refractivity contribution in [3.8, 4) is 0 Å². The van der Waals surface area contributed by atoms with Gasteiger partial charge in [-0.1, -0.05) is 0 Å². The van der Waals surface area contributed by atoms with Crippen molar-refractivity contribution in [3.63, 3.8) is 0 Å². The first-order chi connectivity index (χ1) is 6.31. The van der Waals surface area contributed by atoms with Gasteiger partial charge in [0.25, 0.3) is 0 Å². The maximum absolute atomic E-state index is 11.1. The Balaban J connectivity index is 3.08. The molecule has 0 fully saturated rings. The molecule has 0 aromatic carbocycles. The van der Waals surface area contributed by atoms with Crippen molar-refractivity contribution in [2.75, 3.05) is 32.1 Å². The summed E-state index contributed by atoms with van der Waals surface area (Å²) in [5.41, 5.74) is 0. The van der Waals surface area contributed by atoms with Crippen molar-refractivity contribution >= 4 is 17.7 Å². The van der Waals surface area contributed by atoms with E-state index < -0.39 is 0 Å². The normalized spacial score (nSPS) is 10.0. The van der Waals surface area contributed by atoms with Crippen LogP contribution in [0.1, 0.15) is 19.3 Å². The standard InChI is InChI=1S/C9H20N2OS/c1-10-7-5-9(12)11-6-3-4-8-13-2/h10H,3-8H2,1-2H3,(H,11,12). The molecule has 0 aliphatic heterocycles. The van der Waals surface area contributed by atoms with Crippen molar-refractivity contribution in [1.82, 2.24) is 10.6 Å². The van der Waals surface area contributed by atoms with Crippen molar-refractivity contribution in [1.29, 1.82) is 0 Å². The minimum Gasteiger partial charge on any atom is -0.356 e. The van der Waals surface area contributed by atoms with Gasteiger partial charge in [0, 0.05) is 19.5 Å². The lowest BCUT2D eigenvalue weighted by Gasteiger charge is -2.03. The molecule has 0 saturated carbocycles. The Kier molecular flexibility index (Phi) is 9.70. The summed E-state index contributed by atoms with van der Waals surface area (Å²) in [6.45, 7) is 1.58. The molecule has 0 unspecified atom stereocenters. The number of unbranched alkanes of at least 4 members (excludes halogenated alkanes) is 1. The maximum atomic E-state index is 11.1. The fraction of sp³-hybridized carbons (Fsp3) is 0.889. The molecule has 0 aromatic heterocycles. The summed E-state index contributed by atoms with van der Waals surface area (Å²) < 4.78 is 0. The van der Waals surface area contributed by atoms with Crippen LogP contribution >= 0.6 is 11.8 Å². The molecule has 0 aliphatic carbocycles. The highest BCUT2D eigenvalue weighted by molar-refractivity contribution is 7.98. The predicted molar refractivity (Wildman–Crippen MR) is 59.2 cm³/mol. The zero-order chi connectivity index (χ0) is 9.94. The van der Waals surface area contributed by atoms with E-state index in [1.807, 2.05) is 18.8 Å². The molecule has 2 N–H and O–H groups in total. The van der Waals surface area contributed by atoms with Crippen LogP contribution in [0.25, 0.3) is 0 Å². The Morgan fingerprint density at radius 3 is 2.69 bits per heavy atom. The zero-order valence-electron chi connectivity index (χ0n) is 8.56. The van der Waals surface area contributed by atoms with E-state index in [9.17, 15) is 4.79 Å². The summed E-state index contributed by atoms with van der Waals surface area (Å²) in [4.78, 5) is 11.1. The van der Waals surface area contributed by atoms with E-state index in [1.165, 1.54) is 12.2 Å². The van der Waals surface area contributed by atoms with E-state index in [0.717, 1.165) is 19.5 Å². The van der Waals surface area contributed by atoms with E-state index in [-0.39, 0.29) is 5.91 Å². The molecule has 13 heavy (non-hydrogen) atoms. The number of hydrogen-bond acceptors (Lipinski definition) is 3. The van der Waals surface area contributed by atoms with Crippen LogP contribution in [-0.2, 0) is 4.79 Å². The first-order valence-electron chi connectivity index (χ1n) is 4.71. The predicted octanol–water partition coefficient (Wildman–Crippen LogP) is 0.855. The molecular formula is C9H20N2OS. The lowest BCUT2D eigenvalue weighted by molar-refractivity contribution is -0.120. The first-order valence-corrected chi connectivity index (χ1v) is 6.11. The quantitative estimate of drug-likeness (QED) is 0.576. The first kappa shape index (κ1) is 12.8. The second-order valence-electron chi connectivity index (χ2n) is 2.90. The number of amides is 1. The average Bonchev–Trinajstić information content (AvgIpc) is 2.14. The van der Waals surface area contributed by atoms with Crippen molar-refractivity contribution in [2.24, 2.45) is 0 Å². The third kappa shape index (κ3) is 9.70. The highest BCUT2D eigenvalue weighted by Gasteiger charge is 1.97. The summed E-state index contributed by atoms with van der Waals surface area (Å²) in [6.07, 6.45) is 4.96. The average molecular weight is 204 g/mol. The Morgan fingerprint density at radius 2 is 2.08 bits per heavy atom. The molecule has 0 atom stereocenters. The number of thioether (sulfide) groups is 1. The van der Waals surface area contributed by atoms with E-state index in [0.29, 0.717) is 6.42 Å². The topological polar surface area (TPSA) is 41.1 Å². The number of hydrogen-bond donors (Lipinski definition) is 2. The molecule has 4 heteroatoms. The van der Waals surface area contributed by atoms with Crippen molar-refractivity contribution in [2.45, 2.75) is 19.3 Å². The molecule has 1 amide bonds. The minimum absolute atomic E-state index is 0.151. The summed E-state index contributed by atoms with van der Waals surface area (Å²) in [6, 6.07) is 0. The molecule has 3 nitrogen and oxygen atoms in total. The smallest absolute Gasteiger partial charge is 0.221 e. The monoisotopic (exact) mass is 204 g/mol. The Morgan fingerprint density at radius 1 is 1.31 bits per heavy atom. The molecule has 0 aliphatic rings. The van der Waals surface area contributed by atoms with Crippen molar-refractivity contribution in [3.05, 3.63) is 0 Å². The van der Waals surface area contributed by atoms with Gasteiger partial charge in [0.15, 0.2) is 0 Å². The summed E-state index contributed by atoms with van der Waals surface area (Å²) in [5, 5.41) is 5.83. The Labute approximate surface area is 85.0 Å². The molecule has 0 aromatic rings. The van der Waals surface area contributed by atoms with Gasteiger partial charge in [-0.15, -0.1) is 0 Å². The van der Waals surface area contributed by atoms with Crippen LogP contribution in [0, 0.1) is 0 Å². The summed E-state index contributed by atoms with van der Waals surface area (Å²) in [7, 11) is 1.85. The molecule has 0 spiro atoms. The molecule has 0 radical (unpaired) electrons. The van der Waals surface area contributed by atoms with Gasteiger partial charge in [-0.2, -0.15) is 11.8 Å². The van der Waals surface area contributed by atoms with Crippen LogP contribution in [0.15, 0.2) is 0 Å². The molecule has 0 rings (SSSR count). The highest BCUT2D eigenvalue weighted by Crippen LogP contribution is 1.97. The van der Waals surface area contributed by atoms with Gasteiger partial charge < -0.3 is 10.6 Å². The fourth-order valence-electron chi connectivity index (χ4n) is 0.926. The highest BCUT2D eigenvalue weighted by atomic mass is 32.2. The second kappa shape index (κ2) is 9.86. The van der Waals surface area contributed by atoms with Crippen LogP contribution in [-0.4, -0.2) is 38.1 Å².